The van der Waals surface area contributed by atoms with Crippen LogP contribution in [0.15, 0.2) is 110 Å². The number of rotatable bonds is 15. The van der Waals surface area contributed by atoms with Crippen LogP contribution in [0.5, 0.6) is 5.75 Å². The number of carbonyl (C=O) groups excluding carboxylic acids is 4. The first-order valence-corrected chi connectivity index (χ1v) is 17.8. The Kier molecular flexibility index (Phi) is 14.4. The van der Waals surface area contributed by atoms with Crippen LogP contribution in [0, 0.1) is 5.92 Å². The Morgan fingerprint density at radius 1 is 0.792 bits per heavy atom. The number of hydrazine groups is 1. The molecule has 5 amide bonds. The Balaban J connectivity index is 1.56. The number of benzene rings is 4. The van der Waals surface area contributed by atoms with Gasteiger partial charge in [0.15, 0.2) is 0 Å². The van der Waals surface area contributed by atoms with Crippen LogP contribution in [0.1, 0.15) is 51.3 Å². The van der Waals surface area contributed by atoms with Gasteiger partial charge in [0.2, 0.25) is 11.8 Å². The number of hydrogen-bond acceptors (Lipinski definition) is 6. The topological polar surface area (TPSA) is 129 Å². The summed E-state index contributed by atoms with van der Waals surface area (Å²) in [6.45, 7) is 13.2. The molecule has 0 aliphatic carbocycles. The van der Waals surface area contributed by atoms with E-state index in [9.17, 15) is 19.2 Å². The number of fused-ring (bicyclic) bond motifs is 1. The van der Waals surface area contributed by atoms with Gasteiger partial charge in [-0.15, -0.1) is 6.58 Å². The second kappa shape index (κ2) is 19.1. The first kappa shape index (κ1) is 39.9. The maximum absolute atomic E-state index is 13.9. The molecule has 0 radical (unpaired) electrons. The highest BCUT2D eigenvalue weighted by molar-refractivity contribution is 5.91. The van der Waals surface area contributed by atoms with Crippen LogP contribution in [-0.2, 0) is 33.8 Å². The van der Waals surface area contributed by atoms with E-state index < -0.39 is 42.1 Å². The van der Waals surface area contributed by atoms with Crippen molar-refractivity contribution in [1.82, 2.24) is 26.0 Å². The van der Waals surface area contributed by atoms with E-state index in [1.165, 1.54) is 6.08 Å². The van der Waals surface area contributed by atoms with Crippen molar-refractivity contribution in [1.29, 1.82) is 0 Å². The Morgan fingerprint density at radius 2 is 1.47 bits per heavy atom. The maximum Gasteiger partial charge on any atom is 0.429 e. The van der Waals surface area contributed by atoms with Gasteiger partial charge in [0.25, 0.3) is 0 Å². The quantitative estimate of drug-likeness (QED) is 0.0919. The molecule has 1 atom stereocenters. The Morgan fingerprint density at radius 3 is 2.15 bits per heavy atom. The van der Waals surface area contributed by atoms with Crippen LogP contribution >= 0.6 is 0 Å². The number of amides is 5. The van der Waals surface area contributed by atoms with E-state index in [-0.39, 0.29) is 26.1 Å². The van der Waals surface area contributed by atoms with Crippen LogP contribution in [0.2, 0.25) is 0 Å². The van der Waals surface area contributed by atoms with Gasteiger partial charge in [-0.05, 0) is 66.3 Å². The van der Waals surface area contributed by atoms with Crippen LogP contribution < -0.4 is 20.7 Å². The molecule has 0 unspecified atom stereocenters. The van der Waals surface area contributed by atoms with Crippen molar-refractivity contribution in [2.24, 2.45) is 5.92 Å². The monoisotopic (exact) mass is 721 g/mol. The summed E-state index contributed by atoms with van der Waals surface area (Å²) in [4.78, 5) is 54.8. The molecule has 0 spiro atoms. The molecule has 0 heterocycles. The number of hydrogen-bond donors (Lipinski definition) is 3. The molecule has 53 heavy (non-hydrogen) atoms. The molecular weight excluding hydrogens is 670 g/mol. The van der Waals surface area contributed by atoms with E-state index in [2.05, 4.69) is 36.4 Å². The molecule has 0 saturated heterocycles. The SMILES string of the molecule is C=CCN(C(=O)NCc1ccccc1)N(CC(=O)N[C@@H](Cc1ccc(OCC(C)C)cc1)C(=O)NCc1cccc2ccccc12)C(=O)OC(C)(C)C. The van der Waals surface area contributed by atoms with Crippen molar-refractivity contribution in [3.05, 3.63) is 126 Å². The van der Waals surface area contributed by atoms with Crippen LogP contribution in [-0.4, -0.2) is 65.3 Å². The van der Waals surface area contributed by atoms with Gasteiger partial charge in [-0.3, -0.25) is 9.59 Å². The lowest BCUT2D eigenvalue weighted by atomic mass is 10.0. The minimum absolute atomic E-state index is 0.104. The molecule has 0 saturated carbocycles. The summed E-state index contributed by atoms with van der Waals surface area (Å²) in [5.41, 5.74) is 1.62. The van der Waals surface area contributed by atoms with Gasteiger partial charge < -0.3 is 25.4 Å². The highest BCUT2D eigenvalue weighted by atomic mass is 16.6. The standard InChI is InChI=1S/C42H51N5O6/c1-7-24-46(40(50)44-26-32-14-9-8-10-15-32)47(41(51)53-42(4,5)6)28-38(48)45-37(25-31-20-22-35(23-21-31)52-29-30(2)3)39(49)43-27-34-18-13-17-33-16-11-12-19-36(33)34/h7-23,30,37H,1,24-29H2,2-6H3,(H,43,49)(H,44,50)(H,45,48)/t37-/m0/s1. The molecule has 0 aromatic heterocycles. The molecule has 0 fully saturated rings. The normalized spacial score (nSPS) is 11.7. The lowest BCUT2D eigenvalue weighted by Crippen LogP contribution is -2.58. The number of nitrogens with one attached hydrogen (secondary N) is 3. The predicted molar refractivity (Wildman–Crippen MR) is 207 cm³/mol. The number of urea groups is 1. The summed E-state index contributed by atoms with van der Waals surface area (Å²) in [7, 11) is 0. The van der Waals surface area contributed by atoms with Gasteiger partial charge in [0.1, 0.15) is 23.9 Å². The van der Waals surface area contributed by atoms with Crippen LogP contribution in [0.25, 0.3) is 10.8 Å². The zero-order valence-corrected chi connectivity index (χ0v) is 31.3. The predicted octanol–water partition coefficient (Wildman–Crippen LogP) is 6.77. The molecule has 11 heteroatoms. The van der Waals surface area contributed by atoms with Gasteiger partial charge >= 0.3 is 12.1 Å². The van der Waals surface area contributed by atoms with E-state index in [1.807, 2.05) is 97.1 Å². The Bertz CT molecular complexity index is 1830. The fourth-order valence-corrected chi connectivity index (χ4v) is 5.40. The van der Waals surface area contributed by atoms with E-state index in [0.29, 0.717) is 18.3 Å². The zero-order valence-electron chi connectivity index (χ0n) is 31.3. The van der Waals surface area contributed by atoms with Crippen molar-refractivity contribution in [3.8, 4) is 5.75 Å². The molecule has 0 bridgehead atoms. The second-order valence-corrected chi connectivity index (χ2v) is 14.1. The summed E-state index contributed by atoms with van der Waals surface area (Å²) in [5.74, 6) is -0.0386. The van der Waals surface area contributed by atoms with Gasteiger partial charge in [-0.25, -0.2) is 19.6 Å². The third-order valence-corrected chi connectivity index (χ3v) is 7.94. The van der Waals surface area contributed by atoms with E-state index in [0.717, 1.165) is 37.5 Å². The maximum atomic E-state index is 13.9. The average Bonchev–Trinajstić information content (AvgIpc) is 3.13. The molecule has 4 aromatic carbocycles. The molecule has 280 valence electrons. The first-order valence-electron chi connectivity index (χ1n) is 17.8. The number of ether oxygens (including phenoxy) is 2. The third kappa shape index (κ3) is 12.7. The highest BCUT2D eigenvalue weighted by Gasteiger charge is 2.33. The summed E-state index contributed by atoms with van der Waals surface area (Å²) in [6, 6.07) is 28.8. The lowest BCUT2D eigenvalue weighted by molar-refractivity contribution is -0.131. The third-order valence-electron chi connectivity index (χ3n) is 7.94. The van der Waals surface area contributed by atoms with Crippen LogP contribution in [0.3, 0.4) is 0 Å². The average molecular weight is 722 g/mol. The fraction of sp³-hybridized carbons (Fsp3) is 0.333. The van der Waals surface area contributed by atoms with Gasteiger partial charge in [-0.2, -0.15) is 0 Å². The fourth-order valence-electron chi connectivity index (χ4n) is 5.40. The van der Waals surface area contributed by atoms with Crippen molar-refractivity contribution in [2.45, 2.75) is 65.8 Å². The van der Waals surface area contributed by atoms with E-state index in [4.69, 9.17) is 9.47 Å². The van der Waals surface area contributed by atoms with Crippen LogP contribution in [0.4, 0.5) is 9.59 Å². The number of carbonyl (C=O) groups is 4. The minimum Gasteiger partial charge on any atom is -0.493 e. The van der Waals surface area contributed by atoms with Gasteiger partial charge in [0, 0.05) is 19.5 Å². The smallest absolute Gasteiger partial charge is 0.429 e. The molecule has 11 nitrogen and oxygen atoms in total. The second-order valence-electron chi connectivity index (χ2n) is 14.1. The van der Waals surface area contributed by atoms with Crippen molar-refractivity contribution >= 4 is 34.7 Å². The molecule has 4 rings (SSSR count). The Labute approximate surface area is 312 Å². The lowest BCUT2D eigenvalue weighted by Gasteiger charge is -2.35. The zero-order chi connectivity index (χ0) is 38.4. The van der Waals surface area contributed by atoms with Crippen molar-refractivity contribution in [3.63, 3.8) is 0 Å². The molecular formula is C42H51N5O6. The van der Waals surface area contributed by atoms with E-state index in [1.54, 1.807) is 20.8 Å². The largest absolute Gasteiger partial charge is 0.493 e. The molecule has 4 aromatic rings. The summed E-state index contributed by atoms with van der Waals surface area (Å²) >= 11 is 0. The summed E-state index contributed by atoms with van der Waals surface area (Å²) in [6.07, 6.45) is 0.672. The summed E-state index contributed by atoms with van der Waals surface area (Å²) < 4.78 is 11.4. The summed E-state index contributed by atoms with van der Waals surface area (Å²) in [5, 5.41) is 12.6. The minimum atomic E-state index is -1.03. The van der Waals surface area contributed by atoms with Gasteiger partial charge in [-0.1, -0.05) is 105 Å². The molecule has 0 aliphatic rings. The molecule has 3 N–H and O–H groups in total. The van der Waals surface area contributed by atoms with Gasteiger partial charge in [0.05, 0.1) is 13.2 Å². The number of nitrogens with zero attached hydrogens (tertiary/aromatic N) is 2. The first-order chi connectivity index (χ1) is 25.3. The van der Waals surface area contributed by atoms with Crippen molar-refractivity contribution in [2.75, 3.05) is 19.7 Å². The van der Waals surface area contributed by atoms with Crippen molar-refractivity contribution < 1.29 is 28.7 Å². The molecule has 0 aliphatic heterocycles. The highest BCUT2D eigenvalue weighted by Crippen LogP contribution is 2.19. The Hall–Kier alpha value is -5.84. The van der Waals surface area contributed by atoms with E-state index >= 15 is 0 Å².